The van der Waals surface area contributed by atoms with Gasteiger partial charge in [-0.25, -0.2) is 4.99 Å². The molecule has 1 aromatic heterocycles. The van der Waals surface area contributed by atoms with E-state index in [0.29, 0.717) is 25.7 Å². The van der Waals surface area contributed by atoms with Crippen molar-refractivity contribution in [1.29, 1.82) is 0 Å². The van der Waals surface area contributed by atoms with Gasteiger partial charge in [-0.05, 0) is 43.2 Å². The van der Waals surface area contributed by atoms with Crippen molar-refractivity contribution in [2.75, 3.05) is 26.8 Å². The van der Waals surface area contributed by atoms with Crippen LogP contribution in [0, 0.1) is 6.92 Å². The van der Waals surface area contributed by atoms with Crippen molar-refractivity contribution < 1.29 is 9.47 Å². The summed E-state index contributed by atoms with van der Waals surface area (Å²) in [7, 11) is 3.61. The van der Waals surface area contributed by atoms with Crippen molar-refractivity contribution >= 4 is 5.96 Å². The lowest BCUT2D eigenvalue weighted by atomic mass is 10.1. The quantitative estimate of drug-likeness (QED) is 0.297. The highest BCUT2D eigenvalue weighted by atomic mass is 16.5. The molecule has 8 nitrogen and oxygen atoms in total. The van der Waals surface area contributed by atoms with Gasteiger partial charge < -0.3 is 24.7 Å². The molecule has 0 saturated carbocycles. The fourth-order valence-electron chi connectivity index (χ4n) is 2.89. The molecule has 3 aromatic rings. The van der Waals surface area contributed by atoms with Gasteiger partial charge in [0.25, 0.3) is 0 Å². The second-order valence-corrected chi connectivity index (χ2v) is 7.00. The van der Waals surface area contributed by atoms with Crippen LogP contribution in [-0.4, -0.2) is 47.5 Å². The smallest absolute Gasteiger partial charge is 0.191 e. The molecule has 0 aliphatic rings. The molecule has 0 unspecified atom stereocenters. The Kier molecular flexibility index (Phi) is 8.28. The Labute approximate surface area is 183 Å². The molecule has 8 heteroatoms. The molecule has 0 amide bonds. The summed E-state index contributed by atoms with van der Waals surface area (Å²) in [6.07, 6.45) is 0.869. The van der Waals surface area contributed by atoms with Gasteiger partial charge in [0.15, 0.2) is 11.8 Å². The van der Waals surface area contributed by atoms with Crippen LogP contribution in [0.2, 0.25) is 0 Å². The Morgan fingerprint density at radius 2 is 1.71 bits per heavy atom. The number of benzene rings is 2. The van der Waals surface area contributed by atoms with Crippen LogP contribution in [0.4, 0.5) is 0 Å². The van der Waals surface area contributed by atoms with E-state index in [1.165, 1.54) is 5.56 Å². The summed E-state index contributed by atoms with van der Waals surface area (Å²) >= 11 is 0. The Morgan fingerprint density at radius 3 is 2.39 bits per heavy atom. The number of hydrogen-bond donors (Lipinski definition) is 2. The van der Waals surface area contributed by atoms with Gasteiger partial charge in [0.05, 0.1) is 13.7 Å². The summed E-state index contributed by atoms with van der Waals surface area (Å²) in [5.74, 6) is 4.10. The third kappa shape index (κ3) is 7.02. The van der Waals surface area contributed by atoms with Crippen molar-refractivity contribution in [3.05, 3.63) is 71.8 Å². The maximum atomic E-state index is 5.75. The second-order valence-electron chi connectivity index (χ2n) is 7.00. The summed E-state index contributed by atoms with van der Waals surface area (Å²) in [5.41, 5.74) is 1.23. The van der Waals surface area contributed by atoms with Gasteiger partial charge in [0.2, 0.25) is 0 Å². The molecule has 164 valence electrons. The summed E-state index contributed by atoms with van der Waals surface area (Å²) in [6, 6.07) is 17.9. The van der Waals surface area contributed by atoms with Gasteiger partial charge >= 0.3 is 0 Å². The lowest BCUT2D eigenvalue weighted by Crippen LogP contribution is -2.40. The highest BCUT2D eigenvalue weighted by Crippen LogP contribution is 2.11. The van der Waals surface area contributed by atoms with Gasteiger partial charge in [-0.15, -0.1) is 10.2 Å². The molecule has 1 heterocycles. The standard InChI is InChI=1S/C23H30N6O2/c1-18-27-28-22(29(18)2)17-26-23(25-15-16-31-21-7-5-4-6-8-21)24-14-13-19-9-11-20(30-3)12-10-19/h4-12H,13-17H2,1-3H3,(H2,24,25,26). The number of ether oxygens (including phenoxy) is 2. The van der Waals surface area contributed by atoms with Crippen LogP contribution in [0.15, 0.2) is 59.6 Å². The average molecular weight is 423 g/mol. The highest BCUT2D eigenvalue weighted by molar-refractivity contribution is 5.79. The van der Waals surface area contributed by atoms with Gasteiger partial charge in [-0.2, -0.15) is 0 Å². The van der Waals surface area contributed by atoms with Crippen LogP contribution in [-0.2, 0) is 20.0 Å². The number of guanidine groups is 1. The minimum atomic E-state index is 0.439. The minimum Gasteiger partial charge on any atom is -0.497 e. The SMILES string of the molecule is COc1ccc(CCNC(=NCc2nnc(C)n2C)NCCOc2ccccc2)cc1. The van der Waals surface area contributed by atoms with E-state index >= 15 is 0 Å². The molecule has 2 N–H and O–H groups in total. The van der Waals surface area contributed by atoms with Gasteiger partial charge in [0, 0.05) is 13.6 Å². The monoisotopic (exact) mass is 422 g/mol. The van der Waals surface area contributed by atoms with Crippen LogP contribution in [0.25, 0.3) is 0 Å². The molecule has 0 aliphatic carbocycles. The topological polar surface area (TPSA) is 85.6 Å². The number of aryl methyl sites for hydroxylation is 1. The maximum absolute atomic E-state index is 5.75. The van der Waals surface area contributed by atoms with Crippen molar-refractivity contribution in [1.82, 2.24) is 25.4 Å². The van der Waals surface area contributed by atoms with E-state index in [1.807, 2.05) is 61.0 Å². The molecule has 0 aliphatic heterocycles. The zero-order valence-corrected chi connectivity index (χ0v) is 18.3. The van der Waals surface area contributed by atoms with Crippen LogP contribution in [0.1, 0.15) is 17.2 Å². The molecular formula is C23H30N6O2. The van der Waals surface area contributed by atoms with Gasteiger partial charge in [-0.1, -0.05) is 30.3 Å². The second kappa shape index (κ2) is 11.6. The fourth-order valence-corrected chi connectivity index (χ4v) is 2.89. The molecular weight excluding hydrogens is 392 g/mol. The van der Waals surface area contributed by atoms with Crippen molar-refractivity contribution in [3.8, 4) is 11.5 Å². The Hall–Kier alpha value is -3.55. The number of rotatable bonds is 10. The normalized spacial score (nSPS) is 11.3. The first-order chi connectivity index (χ1) is 15.2. The molecule has 0 saturated heterocycles. The van der Waals surface area contributed by atoms with Crippen LogP contribution < -0.4 is 20.1 Å². The van der Waals surface area contributed by atoms with Crippen LogP contribution >= 0.6 is 0 Å². The predicted molar refractivity (Wildman–Crippen MR) is 122 cm³/mol. The van der Waals surface area contributed by atoms with Gasteiger partial charge in [0.1, 0.15) is 30.5 Å². The van der Waals surface area contributed by atoms with Crippen LogP contribution in [0.5, 0.6) is 11.5 Å². The van der Waals surface area contributed by atoms with E-state index in [-0.39, 0.29) is 0 Å². The number of nitrogens with zero attached hydrogens (tertiary/aromatic N) is 4. The lowest BCUT2D eigenvalue weighted by Gasteiger charge is -2.13. The molecule has 0 spiro atoms. The summed E-state index contributed by atoms with van der Waals surface area (Å²) < 4.78 is 12.9. The molecule has 2 aromatic carbocycles. The fraction of sp³-hybridized carbons (Fsp3) is 0.348. The zero-order chi connectivity index (χ0) is 21.9. The lowest BCUT2D eigenvalue weighted by molar-refractivity contribution is 0.322. The summed E-state index contributed by atoms with van der Waals surface area (Å²) in [5, 5.41) is 15.0. The summed E-state index contributed by atoms with van der Waals surface area (Å²) in [4.78, 5) is 4.67. The predicted octanol–water partition coefficient (Wildman–Crippen LogP) is 2.49. The maximum Gasteiger partial charge on any atom is 0.191 e. The van der Waals surface area contributed by atoms with E-state index in [2.05, 4.69) is 38.0 Å². The van der Waals surface area contributed by atoms with Crippen LogP contribution in [0.3, 0.4) is 0 Å². The molecule has 0 bridgehead atoms. The Bertz CT molecular complexity index is 954. The molecule has 31 heavy (non-hydrogen) atoms. The van der Waals surface area contributed by atoms with Crippen molar-refractivity contribution in [2.24, 2.45) is 12.0 Å². The largest absolute Gasteiger partial charge is 0.497 e. The number of aromatic nitrogens is 3. The number of methoxy groups -OCH3 is 1. The first kappa shape index (κ1) is 22.1. The minimum absolute atomic E-state index is 0.439. The molecule has 0 atom stereocenters. The molecule has 3 rings (SSSR count). The first-order valence-electron chi connectivity index (χ1n) is 10.3. The van der Waals surface area contributed by atoms with Crippen molar-refractivity contribution in [3.63, 3.8) is 0 Å². The highest BCUT2D eigenvalue weighted by Gasteiger charge is 2.05. The Morgan fingerprint density at radius 1 is 0.968 bits per heavy atom. The number of hydrogen-bond acceptors (Lipinski definition) is 5. The van der Waals surface area contributed by atoms with E-state index in [4.69, 9.17) is 9.47 Å². The van der Waals surface area contributed by atoms with E-state index < -0.39 is 0 Å². The average Bonchev–Trinajstić information content (AvgIpc) is 3.13. The van der Waals surface area contributed by atoms with E-state index in [9.17, 15) is 0 Å². The summed E-state index contributed by atoms with van der Waals surface area (Å²) in [6.45, 7) is 4.27. The van der Waals surface area contributed by atoms with E-state index in [0.717, 1.165) is 36.1 Å². The Balaban J connectivity index is 1.53. The van der Waals surface area contributed by atoms with Gasteiger partial charge in [-0.3, -0.25) is 0 Å². The third-order valence-corrected chi connectivity index (χ3v) is 4.83. The first-order valence-corrected chi connectivity index (χ1v) is 10.3. The molecule has 0 fully saturated rings. The third-order valence-electron chi connectivity index (χ3n) is 4.83. The zero-order valence-electron chi connectivity index (χ0n) is 18.3. The van der Waals surface area contributed by atoms with Crippen molar-refractivity contribution in [2.45, 2.75) is 19.9 Å². The number of aliphatic imine (C=N–C) groups is 1. The number of para-hydroxylation sites is 1. The van der Waals surface area contributed by atoms with E-state index in [1.54, 1.807) is 7.11 Å². The molecule has 0 radical (unpaired) electrons. The number of nitrogens with one attached hydrogen (secondary N) is 2.